The van der Waals surface area contributed by atoms with Gasteiger partial charge in [-0.3, -0.25) is 4.79 Å². The molecule has 2 heterocycles. The first-order valence-corrected chi connectivity index (χ1v) is 12.1. The topological polar surface area (TPSA) is 96.8 Å². The van der Waals surface area contributed by atoms with Gasteiger partial charge in [0, 0.05) is 44.0 Å². The van der Waals surface area contributed by atoms with Crippen molar-refractivity contribution in [2.75, 3.05) is 64.0 Å². The van der Waals surface area contributed by atoms with Crippen molar-refractivity contribution >= 4 is 39.8 Å². The highest BCUT2D eigenvalue weighted by Gasteiger charge is 2.17. The number of carbonyl (C=O) groups excluding carboxylic acids is 1. The molecular weight excluding hydrogens is 482 g/mol. The molecule has 1 amide bonds. The van der Waals surface area contributed by atoms with Gasteiger partial charge in [0.05, 0.1) is 36.8 Å². The zero-order chi connectivity index (χ0) is 27.2. The lowest BCUT2D eigenvalue weighted by Crippen LogP contribution is -2.29. The van der Waals surface area contributed by atoms with Crippen LogP contribution in [0.1, 0.15) is 0 Å². The predicted molar refractivity (Wildman–Crippen MR) is 152 cm³/mol. The van der Waals surface area contributed by atoms with Gasteiger partial charge >= 0.3 is 0 Å². The van der Waals surface area contributed by atoms with Gasteiger partial charge in [0.2, 0.25) is 11.9 Å². The van der Waals surface area contributed by atoms with Crippen molar-refractivity contribution in [3.05, 3.63) is 67.5 Å². The lowest BCUT2D eigenvalue weighted by atomic mass is 10.2. The molecule has 0 radical (unpaired) electrons. The first kappa shape index (κ1) is 26.5. The fourth-order valence-electron chi connectivity index (χ4n) is 4.02. The molecule has 0 spiro atoms. The highest BCUT2D eigenvalue weighted by atomic mass is 16.5. The number of nitrogens with zero attached hydrogens (tertiary/aromatic N) is 5. The number of hydrogen-bond donors (Lipinski definition) is 2. The number of fused-ring (bicyclic) bond motifs is 1. The molecule has 2 aromatic carbocycles. The van der Waals surface area contributed by atoms with Gasteiger partial charge in [0.25, 0.3) is 0 Å². The monoisotopic (exact) mass is 515 g/mol. The van der Waals surface area contributed by atoms with Crippen LogP contribution in [0.5, 0.6) is 11.5 Å². The number of anilines is 4. The summed E-state index contributed by atoms with van der Waals surface area (Å²) in [4.78, 5) is 25.5. The van der Waals surface area contributed by atoms with Crippen LogP contribution in [0.25, 0.3) is 16.7 Å². The molecule has 38 heavy (non-hydrogen) atoms. The second-order valence-corrected chi connectivity index (χ2v) is 8.96. The Morgan fingerprint density at radius 3 is 2.58 bits per heavy atom. The van der Waals surface area contributed by atoms with Crippen LogP contribution in [0.15, 0.2) is 67.5 Å². The standard InChI is InChI=1S/C28H33N7O3/c1-7-27(36)30-21-17-22(25(38-6)18-24(21)34(4)15-14-33(2)3)31-28-29-12-10-26(32-28)35-13-11-19-16-20(37-5)8-9-23(19)35/h7-13,16-18H,1,14-15H2,2-6H3,(H,30,36)(H,29,31,32). The van der Waals surface area contributed by atoms with Crippen molar-refractivity contribution in [3.8, 4) is 17.3 Å². The Balaban J connectivity index is 1.68. The van der Waals surface area contributed by atoms with E-state index in [1.54, 1.807) is 20.4 Å². The number of benzene rings is 2. The van der Waals surface area contributed by atoms with Gasteiger partial charge in [-0.1, -0.05) is 6.58 Å². The summed E-state index contributed by atoms with van der Waals surface area (Å²) in [6, 6.07) is 13.4. The van der Waals surface area contributed by atoms with Crippen LogP contribution in [-0.2, 0) is 4.79 Å². The van der Waals surface area contributed by atoms with Gasteiger partial charge < -0.3 is 34.5 Å². The summed E-state index contributed by atoms with van der Waals surface area (Å²) >= 11 is 0. The summed E-state index contributed by atoms with van der Waals surface area (Å²) in [6.45, 7) is 5.17. The van der Waals surface area contributed by atoms with Crippen molar-refractivity contribution in [1.29, 1.82) is 0 Å². The Hall–Kier alpha value is -4.57. The molecule has 0 saturated carbocycles. The quantitative estimate of drug-likeness (QED) is 0.286. The maximum atomic E-state index is 12.2. The number of likely N-dealkylation sites (N-methyl/N-ethyl adjacent to an activating group) is 2. The third-order valence-electron chi connectivity index (χ3n) is 6.09. The summed E-state index contributed by atoms with van der Waals surface area (Å²) < 4.78 is 13.0. The first-order valence-electron chi connectivity index (χ1n) is 12.1. The van der Waals surface area contributed by atoms with E-state index in [1.807, 2.05) is 74.4 Å². The molecule has 2 aromatic heterocycles. The number of amides is 1. The largest absolute Gasteiger partial charge is 0.497 e. The van der Waals surface area contributed by atoms with E-state index >= 15 is 0 Å². The van der Waals surface area contributed by atoms with E-state index in [9.17, 15) is 4.79 Å². The zero-order valence-corrected chi connectivity index (χ0v) is 22.4. The second kappa shape index (κ2) is 11.7. The molecule has 0 unspecified atom stereocenters. The minimum absolute atomic E-state index is 0.308. The van der Waals surface area contributed by atoms with Crippen LogP contribution < -0.4 is 25.0 Å². The molecule has 0 aliphatic rings. The average molecular weight is 516 g/mol. The molecule has 4 aromatic rings. The number of ether oxygens (including phenoxy) is 2. The van der Waals surface area contributed by atoms with E-state index in [4.69, 9.17) is 14.5 Å². The number of hydrogen-bond acceptors (Lipinski definition) is 8. The van der Waals surface area contributed by atoms with Crippen LogP contribution in [0.3, 0.4) is 0 Å². The van der Waals surface area contributed by atoms with Gasteiger partial charge in [-0.2, -0.15) is 4.98 Å². The lowest BCUT2D eigenvalue weighted by molar-refractivity contribution is -0.111. The Morgan fingerprint density at radius 1 is 1.05 bits per heavy atom. The highest BCUT2D eigenvalue weighted by molar-refractivity contribution is 6.02. The fourth-order valence-corrected chi connectivity index (χ4v) is 4.02. The number of aromatic nitrogens is 3. The third kappa shape index (κ3) is 5.87. The maximum Gasteiger partial charge on any atom is 0.247 e. The van der Waals surface area contributed by atoms with Crippen molar-refractivity contribution in [2.45, 2.75) is 0 Å². The summed E-state index contributed by atoms with van der Waals surface area (Å²) in [7, 11) is 9.26. The third-order valence-corrected chi connectivity index (χ3v) is 6.09. The van der Waals surface area contributed by atoms with Gasteiger partial charge in [-0.05, 0) is 56.6 Å². The summed E-state index contributed by atoms with van der Waals surface area (Å²) in [6.07, 6.45) is 4.89. The smallest absolute Gasteiger partial charge is 0.247 e. The van der Waals surface area contributed by atoms with Gasteiger partial charge in [-0.15, -0.1) is 0 Å². The van der Waals surface area contributed by atoms with E-state index in [0.29, 0.717) is 28.9 Å². The van der Waals surface area contributed by atoms with Gasteiger partial charge in [0.1, 0.15) is 17.3 Å². The maximum absolute atomic E-state index is 12.2. The SMILES string of the molecule is C=CC(=O)Nc1cc(Nc2nccc(-n3ccc4cc(OC)ccc43)n2)c(OC)cc1N(C)CCN(C)C. The van der Waals surface area contributed by atoms with Crippen molar-refractivity contribution in [1.82, 2.24) is 19.4 Å². The Kier molecular flexibility index (Phi) is 8.12. The van der Waals surface area contributed by atoms with Crippen molar-refractivity contribution in [3.63, 3.8) is 0 Å². The average Bonchev–Trinajstić information content (AvgIpc) is 3.35. The molecular formula is C28H33N7O3. The molecule has 2 N–H and O–H groups in total. The fraction of sp³-hybridized carbons (Fsp3) is 0.250. The number of methoxy groups -OCH3 is 2. The van der Waals surface area contributed by atoms with Crippen LogP contribution in [-0.4, -0.2) is 73.8 Å². The van der Waals surface area contributed by atoms with Crippen LogP contribution >= 0.6 is 0 Å². The molecule has 0 aliphatic carbocycles. The predicted octanol–water partition coefficient (Wildman–Crippen LogP) is 4.30. The minimum Gasteiger partial charge on any atom is -0.497 e. The molecule has 0 aliphatic heterocycles. The van der Waals surface area contributed by atoms with Crippen molar-refractivity contribution in [2.24, 2.45) is 0 Å². The van der Waals surface area contributed by atoms with E-state index in [-0.39, 0.29) is 5.91 Å². The first-order chi connectivity index (χ1) is 18.3. The van der Waals surface area contributed by atoms with E-state index in [1.165, 1.54) is 6.08 Å². The molecule has 0 fully saturated rings. The van der Waals surface area contributed by atoms with E-state index < -0.39 is 0 Å². The minimum atomic E-state index is -0.308. The number of rotatable bonds is 11. The van der Waals surface area contributed by atoms with E-state index in [0.717, 1.165) is 35.4 Å². The van der Waals surface area contributed by atoms with E-state index in [2.05, 4.69) is 32.0 Å². The highest BCUT2D eigenvalue weighted by Crippen LogP contribution is 2.38. The summed E-state index contributed by atoms with van der Waals surface area (Å²) in [5.41, 5.74) is 3.03. The molecule has 198 valence electrons. The normalized spacial score (nSPS) is 10.9. The molecule has 0 bridgehead atoms. The van der Waals surface area contributed by atoms with Crippen molar-refractivity contribution < 1.29 is 14.3 Å². The second-order valence-electron chi connectivity index (χ2n) is 8.96. The number of nitrogens with one attached hydrogen (secondary N) is 2. The zero-order valence-electron chi connectivity index (χ0n) is 22.4. The Labute approximate surface area is 222 Å². The lowest BCUT2D eigenvalue weighted by Gasteiger charge is -2.26. The molecule has 10 heteroatoms. The van der Waals surface area contributed by atoms with Crippen LogP contribution in [0.4, 0.5) is 23.0 Å². The summed E-state index contributed by atoms with van der Waals surface area (Å²) in [5, 5.41) is 7.20. The summed E-state index contributed by atoms with van der Waals surface area (Å²) in [5.74, 6) is 2.15. The molecule has 10 nitrogen and oxygen atoms in total. The molecule has 4 rings (SSSR count). The van der Waals surface area contributed by atoms with Gasteiger partial charge in [-0.25, -0.2) is 4.98 Å². The van der Waals surface area contributed by atoms with Gasteiger partial charge in [0.15, 0.2) is 0 Å². The Morgan fingerprint density at radius 2 is 1.87 bits per heavy atom. The molecule has 0 atom stereocenters. The Bertz CT molecular complexity index is 1450. The van der Waals surface area contributed by atoms with Crippen LogP contribution in [0, 0.1) is 0 Å². The molecule has 0 saturated heterocycles. The van der Waals surface area contributed by atoms with Crippen LogP contribution in [0.2, 0.25) is 0 Å². The number of carbonyl (C=O) groups is 1.